The molecule has 1 fully saturated rings. The molecule has 0 radical (unpaired) electrons. The number of benzene rings is 1. The lowest BCUT2D eigenvalue weighted by atomic mass is 10.1. The summed E-state index contributed by atoms with van der Waals surface area (Å²) in [7, 11) is 0. The molecule has 0 bridgehead atoms. The van der Waals surface area contributed by atoms with Crippen LogP contribution in [0, 0.1) is 5.92 Å². The fourth-order valence-electron chi connectivity index (χ4n) is 3.64. The first kappa shape index (κ1) is 17.4. The van der Waals surface area contributed by atoms with Gasteiger partial charge in [0.2, 0.25) is 0 Å². The molecule has 8 nitrogen and oxygen atoms in total. The van der Waals surface area contributed by atoms with Crippen LogP contribution in [-0.2, 0) is 13.1 Å². The number of aromatic nitrogens is 5. The zero-order chi connectivity index (χ0) is 18.6. The van der Waals surface area contributed by atoms with Gasteiger partial charge >= 0.3 is 0 Å². The van der Waals surface area contributed by atoms with Crippen molar-refractivity contribution >= 4 is 5.91 Å². The molecule has 140 valence electrons. The average molecular weight is 366 g/mol. The largest absolute Gasteiger partial charge is 0.391 e. The van der Waals surface area contributed by atoms with Gasteiger partial charge in [-0.15, -0.1) is 5.10 Å². The third kappa shape index (κ3) is 4.06. The maximum absolute atomic E-state index is 12.7. The van der Waals surface area contributed by atoms with Crippen LogP contribution < -0.4 is 5.32 Å². The van der Waals surface area contributed by atoms with E-state index in [4.69, 9.17) is 0 Å². The van der Waals surface area contributed by atoms with Crippen molar-refractivity contribution in [2.24, 2.45) is 5.92 Å². The maximum Gasteiger partial charge on any atom is 0.271 e. The molecule has 4 rings (SSSR count). The lowest BCUT2D eigenvalue weighted by Gasteiger charge is -2.16. The molecule has 2 N–H and O–H groups in total. The number of hydrogen-bond donors (Lipinski definition) is 2. The zero-order valence-corrected chi connectivity index (χ0v) is 14.8. The van der Waals surface area contributed by atoms with Gasteiger partial charge in [0.05, 0.1) is 24.9 Å². The van der Waals surface area contributed by atoms with Gasteiger partial charge in [0.15, 0.2) is 0 Å². The monoisotopic (exact) mass is 366 g/mol. The summed E-state index contributed by atoms with van der Waals surface area (Å²) in [6.07, 6.45) is 5.91. The summed E-state index contributed by atoms with van der Waals surface area (Å²) in [5.41, 5.74) is 1.43. The van der Waals surface area contributed by atoms with E-state index >= 15 is 0 Å². The number of nitrogens with zero attached hydrogens (tertiary/aromatic N) is 5. The number of aliphatic hydroxyl groups is 1. The smallest absolute Gasteiger partial charge is 0.271 e. The second-order valence-corrected chi connectivity index (χ2v) is 6.98. The molecule has 0 spiro atoms. The number of hydrogen-bond acceptors (Lipinski definition) is 5. The molecule has 27 heavy (non-hydrogen) atoms. The normalized spacial score (nSPS) is 22.0. The van der Waals surface area contributed by atoms with Crippen molar-refractivity contribution in [3.05, 3.63) is 66.2 Å². The van der Waals surface area contributed by atoms with Gasteiger partial charge in [-0.05, 0) is 30.4 Å². The molecular formula is C19H22N6O2. The predicted octanol–water partition coefficient (Wildman–Crippen LogP) is 1.09. The number of aliphatic hydroxyl groups excluding tert-OH is 1. The maximum atomic E-state index is 12.7. The summed E-state index contributed by atoms with van der Waals surface area (Å²) in [5, 5.41) is 25.4. The number of carbonyl (C=O) groups is 1. The summed E-state index contributed by atoms with van der Waals surface area (Å²) < 4.78 is 3.44. The third-order valence-corrected chi connectivity index (χ3v) is 4.97. The van der Waals surface area contributed by atoms with E-state index in [2.05, 4.69) is 20.7 Å². The molecule has 3 aromatic rings. The van der Waals surface area contributed by atoms with Crippen molar-refractivity contribution < 1.29 is 9.90 Å². The van der Waals surface area contributed by atoms with Crippen LogP contribution in [0.25, 0.3) is 0 Å². The van der Waals surface area contributed by atoms with Crippen molar-refractivity contribution in [3.63, 3.8) is 0 Å². The van der Waals surface area contributed by atoms with Crippen molar-refractivity contribution in [1.82, 2.24) is 30.1 Å². The molecule has 0 saturated heterocycles. The van der Waals surface area contributed by atoms with E-state index in [0.717, 1.165) is 12.1 Å². The second kappa shape index (κ2) is 7.71. The molecule has 2 aromatic heterocycles. The van der Waals surface area contributed by atoms with Crippen LogP contribution in [0.5, 0.6) is 0 Å². The fraction of sp³-hybridized carbons (Fsp3) is 0.368. The Labute approximate surface area is 156 Å². The van der Waals surface area contributed by atoms with Crippen molar-refractivity contribution in [1.29, 1.82) is 0 Å². The van der Waals surface area contributed by atoms with E-state index in [1.54, 1.807) is 10.9 Å². The molecule has 1 saturated carbocycles. The Hall–Kier alpha value is -3.00. The molecule has 3 atom stereocenters. The fourth-order valence-corrected chi connectivity index (χ4v) is 3.64. The van der Waals surface area contributed by atoms with Crippen molar-refractivity contribution in [3.8, 4) is 0 Å². The quantitative estimate of drug-likeness (QED) is 0.681. The summed E-state index contributed by atoms with van der Waals surface area (Å²) in [6, 6.07) is 11.4. The molecule has 1 aromatic carbocycles. The first-order valence-electron chi connectivity index (χ1n) is 9.08. The Morgan fingerprint density at radius 2 is 2.07 bits per heavy atom. The summed E-state index contributed by atoms with van der Waals surface area (Å²) in [6.45, 7) is 1.21. The predicted molar refractivity (Wildman–Crippen MR) is 97.8 cm³/mol. The molecule has 2 heterocycles. The highest BCUT2D eigenvalue weighted by molar-refractivity contribution is 5.92. The minimum atomic E-state index is -0.562. The third-order valence-electron chi connectivity index (χ3n) is 4.97. The molecule has 1 aliphatic rings. The first-order valence-corrected chi connectivity index (χ1v) is 9.08. The molecule has 1 amide bonds. The molecule has 1 unspecified atom stereocenters. The second-order valence-electron chi connectivity index (χ2n) is 6.98. The topological polar surface area (TPSA) is 97.9 Å². The molecular weight excluding hydrogens is 344 g/mol. The van der Waals surface area contributed by atoms with Gasteiger partial charge in [-0.3, -0.25) is 9.48 Å². The van der Waals surface area contributed by atoms with Gasteiger partial charge in [0.25, 0.3) is 5.91 Å². The standard InChI is InChI=1S/C19H22N6O2/c26-18-10-15(12-24-8-4-7-21-24)9-16(18)22-19(27)17-11-20-23-25(17)13-14-5-2-1-3-6-14/h1-8,11,15-16,18,26H,9-10,12-13H2,(H,22,27)/t15?,16-,18-/m1/s1. The SMILES string of the molecule is O=C(N[C@@H]1CC(Cn2cccn2)C[C@H]1O)c1cnnn1Cc1ccccc1. The van der Waals surface area contributed by atoms with E-state index in [1.807, 2.05) is 47.3 Å². The Morgan fingerprint density at radius 1 is 1.22 bits per heavy atom. The number of rotatable bonds is 6. The van der Waals surface area contributed by atoms with Crippen LogP contribution in [0.3, 0.4) is 0 Å². The van der Waals surface area contributed by atoms with Crippen LogP contribution in [-0.4, -0.2) is 47.9 Å². The Morgan fingerprint density at radius 3 is 2.85 bits per heavy atom. The van der Waals surface area contributed by atoms with E-state index in [-0.39, 0.29) is 17.9 Å². The van der Waals surface area contributed by atoms with Crippen LogP contribution in [0.2, 0.25) is 0 Å². The number of nitrogens with one attached hydrogen (secondary N) is 1. The van der Waals surface area contributed by atoms with Gasteiger partial charge in [-0.1, -0.05) is 35.5 Å². The summed E-state index contributed by atoms with van der Waals surface area (Å²) in [4.78, 5) is 12.7. The van der Waals surface area contributed by atoms with Crippen LogP contribution in [0.1, 0.15) is 28.9 Å². The summed E-state index contributed by atoms with van der Waals surface area (Å²) >= 11 is 0. The average Bonchev–Trinajstić information content (AvgIpc) is 3.39. The molecule has 8 heteroatoms. The highest BCUT2D eigenvalue weighted by Crippen LogP contribution is 2.27. The van der Waals surface area contributed by atoms with Gasteiger partial charge in [0.1, 0.15) is 5.69 Å². The first-order chi connectivity index (χ1) is 13.2. The minimum Gasteiger partial charge on any atom is -0.391 e. The minimum absolute atomic E-state index is 0.264. The molecule has 1 aliphatic carbocycles. The van der Waals surface area contributed by atoms with Crippen molar-refractivity contribution in [2.45, 2.75) is 38.1 Å². The number of amides is 1. The van der Waals surface area contributed by atoms with E-state index in [9.17, 15) is 9.90 Å². The Balaban J connectivity index is 1.39. The van der Waals surface area contributed by atoms with Crippen LogP contribution in [0.4, 0.5) is 0 Å². The zero-order valence-electron chi connectivity index (χ0n) is 14.8. The van der Waals surface area contributed by atoms with E-state index in [1.165, 1.54) is 6.20 Å². The van der Waals surface area contributed by atoms with Gasteiger partial charge in [0, 0.05) is 18.9 Å². The highest BCUT2D eigenvalue weighted by Gasteiger charge is 2.34. The summed E-state index contributed by atoms with van der Waals surface area (Å²) in [5.74, 6) is 0.0114. The van der Waals surface area contributed by atoms with Gasteiger partial charge in [-0.2, -0.15) is 5.10 Å². The van der Waals surface area contributed by atoms with E-state index in [0.29, 0.717) is 25.1 Å². The molecule has 0 aliphatic heterocycles. The Kier molecular flexibility index (Phi) is 4.97. The van der Waals surface area contributed by atoms with Gasteiger partial charge in [-0.25, -0.2) is 4.68 Å². The lowest BCUT2D eigenvalue weighted by Crippen LogP contribution is -2.40. The van der Waals surface area contributed by atoms with Crippen LogP contribution >= 0.6 is 0 Å². The van der Waals surface area contributed by atoms with Gasteiger partial charge < -0.3 is 10.4 Å². The highest BCUT2D eigenvalue weighted by atomic mass is 16.3. The van der Waals surface area contributed by atoms with E-state index < -0.39 is 6.10 Å². The van der Waals surface area contributed by atoms with Crippen molar-refractivity contribution in [2.75, 3.05) is 0 Å². The van der Waals surface area contributed by atoms with Crippen LogP contribution in [0.15, 0.2) is 55.0 Å². The lowest BCUT2D eigenvalue weighted by molar-refractivity contribution is 0.0862. The number of carbonyl (C=O) groups excluding carboxylic acids is 1. The Bertz CT molecular complexity index is 877.